The largest absolute Gasteiger partial charge is 0.489 e. The average Bonchev–Trinajstić information content (AvgIpc) is 2.87. The standard InChI is InChI=1S/C22H25ClFNO3/c1-16-3-8-19(23)20(13-16)28-15-22(27)9-2-11-25(12-10-22)21(26)14-17-4-6-18(24)7-5-17/h3-8,13,27H,2,9-12,14-15H2,1H3. The predicted octanol–water partition coefficient (Wildman–Crippen LogP) is 4.15. The predicted molar refractivity (Wildman–Crippen MR) is 107 cm³/mol. The molecule has 1 fully saturated rings. The van der Waals surface area contributed by atoms with Gasteiger partial charge in [0.1, 0.15) is 23.8 Å². The van der Waals surface area contributed by atoms with Gasteiger partial charge in [0.25, 0.3) is 0 Å². The molecule has 0 aromatic heterocycles. The molecule has 1 aliphatic heterocycles. The third-order valence-corrected chi connectivity index (χ3v) is 5.43. The molecule has 1 saturated heterocycles. The molecular formula is C22H25ClFNO3. The van der Waals surface area contributed by atoms with Crippen LogP contribution in [0.5, 0.6) is 5.75 Å². The summed E-state index contributed by atoms with van der Waals surface area (Å²) in [5.74, 6) is 0.229. The van der Waals surface area contributed by atoms with E-state index in [1.54, 1.807) is 23.1 Å². The van der Waals surface area contributed by atoms with E-state index in [0.717, 1.165) is 11.1 Å². The minimum Gasteiger partial charge on any atom is -0.489 e. The minimum atomic E-state index is -1.00. The van der Waals surface area contributed by atoms with Crippen molar-refractivity contribution in [1.82, 2.24) is 4.90 Å². The number of carbonyl (C=O) groups excluding carboxylic acids is 1. The smallest absolute Gasteiger partial charge is 0.226 e. The van der Waals surface area contributed by atoms with E-state index in [-0.39, 0.29) is 24.8 Å². The number of hydrogen-bond acceptors (Lipinski definition) is 3. The lowest BCUT2D eigenvalue weighted by molar-refractivity contribution is -0.130. The van der Waals surface area contributed by atoms with Gasteiger partial charge in [0.05, 0.1) is 11.4 Å². The highest BCUT2D eigenvalue weighted by Gasteiger charge is 2.32. The van der Waals surface area contributed by atoms with Crippen LogP contribution in [0.1, 0.15) is 30.4 Å². The van der Waals surface area contributed by atoms with Crippen LogP contribution < -0.4 is 4.74 Å². The van der Waals surface area contributed by atoms with Crippen molar-refractivity contribution in [1.29, 1.82) is 0 Å². The molecule has 6 heteroatoms. The van der Waals surface area contributed by atoms with Crippen molar-refractivity contribution in [2.75, 3.05) is 19.7 Å². The van der Waals surface area contributed by atoms with Gasteiger partial charge in [-0.25, -0.2) is 4.39 Å². The van der Waals surface area contributed by atoms with Gasteiger partial charge in [-0.2, -0.15) is 0 Å². The highest BCUT2D eigenvalue weighted by atomic mass is 35.5. The quantitative estimate of drug-likeness (QED) is 0.812. The van der Waals surface area contributed by atoms with Crippen LogP contribution in [-0.4, -0.2) is 41.2 Å². The summed E-state index contributed by atoms with van der Waals surface area (Å²) in [7, 11) is 0. The lowest BCUT2D eigenvalue weighted by atomic mass is 9.96. The van der Waals surface area contributed by atoms with Crippen LogP contribution in [0.4, 0.5) is 4.39 Å². The molecule has 1 amide bonds. The third-order valence-electron chi connectivity index (χ3n) is 5.12. The normalized spacial score (nSPS) is 19.9. The molecule has 1 unspecified atom stereocenters. The maximum atomic E-state index is 13.0. The minimum absolute atomic E-state index is 0.0153. The molecule has 0 spiro atoms. The van der Waals surface area contributed by atoms with E-state index in [0.29, 0.717) is 43.1 Å². The van der Waals surface area contributed by atoms with Gasteiger partial charge in [-0.3, -0.25) is 4.79 Å². The molecule has 1 atom stereocenters. The van der Waals surface area contributed by atoms with Crippen molar-refractivity contribution in [3.63, 3.8) is 0 Å². The van der Waals surface area contributed by atoms with Crippen molar-refractivity contribution < 1.29 is 19.0 Å². The van der Waals surface area contributed by atoms with E-state index in [1.807, 2.05) is 19.1 Å². The fourth-order valence-electron chi connectivity index (χ4n) is 3.39. The molecule has 1 aliphatic rings. The number of carbonyl (C=O) groups is 1. The Balaban J connectivity index is 1.56. The van der Waals surface area contributed by atoms with E-state index in [2.05, 4.69) is 0 Å². The number of nitrogens with zero attached hydrogens (tertiary/aromatic N) is 1. The Labute approximate surface area is 169 Å². The molecule has 0 radical (unpaired) electrons. The maximum absolute atomic E-state index is 13.0. The summed E-state index contributed by atoms with van der Waals surface area (Å²) in [6, 6.07) is 11.5. The van der Waals surface area contributed by atoms with E-state index < -0.39 is 5.60 Å². The number of likely N-dealkylation sites (tertiary alicyclic amines) is 1. The van der Waals surface area contributed by atoms with Crippen molar-refractivity contribution in [2.45, 2.75) is 38.2 Å². The van der Waals surface area contributed by atoms with Crippen LogP contribution in [0.2, 0.25) is 5.02 Å². The second kappa shape index (κ2) is 8.93. The van der Waals surface area contributed by atoms with Crippen LogP contribution >= 0.6 is 11.6 Å². The molecule has 2 aromatic rings. The lowest BCUT2D eigenvalue weighted by Gasteiger charge is -2.27. The van der Waals surface area contributed by atoms with Crippen molar-refractivity contribution in [3.05, 3.63) is 64.4 Å². The molecule has 28 heavy (non-hydrogen) atoms. The first-order chi connectivity index (χ1) is 13.3. The summed E-state index contributed by atoms with van der Waals surface area (Å²) in [5, 5.41) is 11.5. The van der Waals surface area contributed by atoms with E-state index in [9.17, 15) is 14.3 Å². The summed E-state index contributed by atoms with van der Waals surface area (Å²) in [5.41, 5.74) is 0.811. The molecule has 150 valence electrons. The average molecular weight is 406 g/mol. The van der Waals surface area contributed by atoms with Gasteiger partial charge in [-0.15, -0.1) is 0 Å². The first-order valence-corrected chi connectivity index (χ1v) is 9.86. The fourth-order valence-corrected chi connectivity index (χ4v) is 3.57. The molecule has 4 nitrogen and oxygen atoms in total. The monoisotopic (exact) mass is 405 g/mol. The van der Waals surface area contributed by atoms with Crippen LogP contribution in [-0.2, 0) is 11.2 Å². The van der Waals surface area contributed by atoms with Crippen molar-refractivity contribution in [2.24, 2.45) is 0 Å². The summed E-state index contributed by atoms with van der Waals surface area (Å²) in [6.45, 7) is 3.14. The molecule has 0 bridgehead atoms. The second-order valence-corrected chi connectivity index (χ2v) is 7.89. The first kappa shape index (κ1) is 20.6. The third kappa shape index (κ3) is 5.46. The van der Waals surface area contributed by atoms with Gasteiger partial charge < -0.3 is 14.7 Å². The van der Waals surface area contributed by atoms with Gasteiger partial charge in [-0.05, 0) is 61.6 Å². The highest BCUT2D eigenvalue weighted by molar-refractivity contribution is 6.32. The molecule has 1 N–H and O–H groups in total. The molecular weight excluding hydrogens is 381 g/mol. The Morgan fingerprint density at radius 3 is 2.71 bits per heavy atom. The second-order valence-electron chi connectivity index (χ2n) is 7.48. The maximum Gasteiger partial charge on any atom is 0.226 e. The zero-order valence-electron chi connectivity index (χ0n) is 16.0. The van der Waals surface area contributed by atoms with Crippen LogP contribution in [0.15, 0.2) is 42.5 Å². The van der Waals surface area contributed by atoms with E-state index >= 15 is 0 Å². The van der Waals surface area contributed by atoms with E-state index in [4.69, 9.17) is 16.3 Å². The van der Waals surface area contributed by atoms with Crippen molar-refractivity contribution in [3.8, 4) is 5.75 Å². The number of halogens is 2. The number of hydrogen-bond donors (Lipinski definition) is 1. The van der Waals surface area contributed by atoms with Crippen LogP contribution in [0.25, 0.3) is 0 Å². The number of rotatable bonds is 5. The summed E-state index contributed by atoms with van der Waals surface area (Å²) < 4.78 is 18.8. The summed E-state index contributed by atoms with van der Waals surface area (Å²) >= 11 is 6.16. The highest BCUT2D eigenvalue weighted by Crippen LogP contribution is 2.29. The Morgan fingerprint density at radius 1 is 1.21 bits per heavy atom. The molecule has 0 saturated carbocycles. The molecule has 0 aliphatic carbocycles. The van der Waals surface area contributed by atoms with Crippen molar-refractivity contribution >= 4 is 17.5 Å². The zero-order valence-corrected chi connectivity index (χ0v) is 16.7. The molecule has 2 aromatic carbocycles. The van der Waals surface area contributed by atoms with Gasteiger partial charge in [0.2, 0.25) is 5.91 Å². The zero-order chi connectivity index (χ0) is 20.1. The number of benzene rings is 2. The molecule has 1 heterocycles. The van der Waals surface area contributed by atoms with Gasteiger partial charge in [0.15, 0.2) is 0 Å². The Bertz CT molecular complexity index is 827. The Morgan fingerprint density at radius 2 is 1.96 bits per heavy atom. The number of aliphatic hydroxyl groups is 1. The van der Waals surface area contributed by atoms with E-state index in [1.165, 1.54) is 12.1 Å². The number of amides is 1. The first-order valence-electron chi connectivity index (χ1n) is 9.48. The topological polar surface area (TPSA) is 49.8 Å². The van der Waals surface area contributed by atoms with Gasteiger partial charge in [0, 0.05) is 13.1 Å². The Hall–Kier alpha value is -2.11. The molecule has 3 rings (SSSR count). The lowest BCUT2D eigenvalue weighted by Crippen LogP contribution is -2.38. The number of aryl methyl sites for hydroxylation is 1. The Kier molecular flexibility index (Phi) is 6.57. The van der Waals surface area contributed by atoms with Crippen LogP contribution in [0, 0.1) is 12.7 Å². The summed E-state index contributed by atoms with van der Waals surface area (Å²) in [4.78, 5) is 14.3. The van der Waals surface area contributed by atoms with Gasteiger partial charge >= 0.3 is 0 Å². The van der Waals surface area contributed by atoms with Crippen LogP contribution in [0.3, 0.4) is 0 Å². The SMILES string of the molecule is Cc1ccc(Cl)c(OCC2(O)CCCN(C(=O)Cc3ccc(F)cc3)CC2)c1. The van der Waals surface area contributed by atoms with Gasteiger partial charge in [-0.1, -0.05) is 29.8 Å². The fraction of sp³-hybridized carbons (Fsp3) is 0.409. The number of ether oxygens (including phenoxy) is 1. The summed E-state index contributed by atoms with van der Waals surface area (Å²) in [6.07, 6.45) is 1.91.